The van der Waals surface area contributed by atoms with Crippen LogP contribution in [-0.4, -0.2) is 4.92 Å². The quantitative estimate of drug-likeness (QED) is 0.664. The van der Waals surface area contributed by atoms with Crippen molar-refractivity contribution in [2.75, 3.05) is 0 Å². The average molecular weight is 346 g/mol. The third kappa shape index (κ3) is 4.12. The van der Waals surface area contributed by atoms with Gasteiger partial charge >= 0.3 is 0 Å². The number of nitrogens with zero attached hydrogens (tertiary/aromatic N) is 2. The molecular weight excluding hydrogens is 334 g/mol. The van der Waals surface area contributed by atoms with Crippen molar-refractivity contribution < 1.29 is 4.92 Å². The van der Waals surface area contributed by atoms with Crippen LogP contribution < -0.4 is 5.32 Å². The smallest absolute Gasteiger partial charge is 0.275 e. The van der Waals surface area contributed by atoms with Gasteiger partial charge in [0.15, 0.2) is 0 Å². The highest BCUT2D eigenvalue weighted by Gasteiger charge is 2.13. The van der Waals surface area contributed by atoms with Crippen LogP contribution in [0.2, 0.25) is 0 Å². The van der Waals surface area contributed by atoms with E-state index in [1.807, 2.05) is 12.1 Å². The van der Waals surface area contributed by atoms with Gasteiger partial charge in [0.05, 0.1) is 16.6 Å². The second kappa shape index (κ2) is 6.97. The predicted molar refractivity (Wildman–Crippen MR) is 82.5 cm³/mol. The van der Waals surface area contributed by atoms with Gasteiger partial charge in [-0.05, 0) is 29.8 Å². The van der Waals surface area contributed by atoms with E-state index in [1.54, 1.807) is 24.3 Å². The van der Waals surface area contributed by atoms with Crippen LogP contribution >= 0.6 is 15.9 Å². The van der Waals surface area contributed by atoms with E-state index < -0.39 is 4.92 Å². The minimum Gasteiger partial charge on any atom is -0.308 e. The first kappa shape index (κ1) is 15.2. The molecule has 1 N–H and O–H groups in total. The molecule has 0 aromatic heterocycles. The van der Waals surface area contributed by atoms with Gasteiger partial charge in [-0.1, -0.05) is 28.1 Å². The highest BCUT2D eigenvalue weighted by Crippen LogP contribution is 2.23. The number of rotatable bonds is 5. The molecule has 2 aromatic rings. The third-order valence-electron chi connectivity index (χ3n) is 2.94. The lowest BCUT2D eigenvalue weighted by Crippen LogP contribution is -2.14. The standard InChI is InChI=1S/C15H12BrN3O2/c16-14-5-4-13(15(7-14)19(20)21)10-18-9-12-3-1-2-11(6-12)8-17/h1-7,18H,9-10H2. The maximum Gasteiger partial charge on any atom is 0.275 e. The molecule has 0 atom stereocenters. The lowest BCUT2D eigenvalue weighted by molar-refractivity contribution is -0.385. The summed E-state index contributed by atoms with van der Waals surface area (Å²) >= 11 is 3.23. The summed E-state index contributed by atoms with van der Waals surface area (Å²) in [6.45, 7) is 0.934. The van der Waals surface area contributed by atoms with E-state index >= 15 is 0 Å². The van der Waals surface area contributed by atoms with Crippen molar-refractivity contribution in [2.45, 2.75) is 13.1 Å². The minimum atomic E-state index is -0.391. The zero-order valence-corrected chi connectivity index (χ0v) is 12.6. The highest BCUT2D eigenvalue weighted by atomic mass is 79.9. The molecule has 2 aromatic carbocycles. The first-order valence-corrected chi connectivity index (χ1v) is 7.02. The van der Waals surface area contributed by atoms with Crippen molar-refractivity contribution in [1.82, 2.24) is 5.32 Å². The normalized spacial score (nSPS) is 10.1. The minimum absolute atomic E-state index is 0.0858. The van der Waals surface area contributed by atoms with Crippen molar-refractivity contribution >= 4 is 21.6 Å². The Morgan fingerprint density at radius 2 is 2.05 bits per heavy atom. The molecule has 0 amide bonds. The molecule has 106 valence electrons. The monoisotopic (exact) mass is 345 g/mol. The summed E-state index contributed by atoms with van der Waals surface area (Å²) in [7, 11) is 0. The fraction of sp³-hybridized carbons (Fsp3) is 0.133. The molecular formula is C15H12BrN3O2. The van der Waals surface area contributed by atoms with Crippen molar-refractivity contribution in [3.63, 3.8) is 0 Å². The lowest BCUT2D eigenvalue weighted by atomic mass is 10.1. The Bertz CT molecular complexity index is 710. The van der Waals surface area contributed by atoms with Crippen LogP contribution in [0.15, 0.2) is 46.9 Å². The molecule has 0 aliphatic heterocycles. The molecule has 0 spiro atoms. The summed E-state index contributed by atoms with van der Waals surface area (Å²) < 4.78 is 0.680. The second-order valence-electron chi connectivity index (χ2n) is 4.45. The number of hydrogen-bond donors (Lipinski definition) is 1. The van der Waals surface area contributed by atoms with Gasteiger partial charge in [-0.15, -0.1) is 0 Å². The van der Waals surface area contributed by atoms with E-state index in [2.05, 4.69) is 27.3 Å². The van der Waals surface area contributed by atoms with Gasteiger partial charge in [-0.2, -0.15) is 5.26 Å². The number of benzene rings is 2. The largest absolute Gasteiger partial charge is 0.308 e. The van der Waals surface area contributed by atoms with E-state index in [4.69, 9.17) is 5.26 Å². The topological polar surface area (TPSA) is 79.0 Å². The molecule has 0 bridgehead atoms. The van der Waals surface area contributed by atoms with Gasteiger partial charge < -0.3 is 5.32 Å². The highest BCUT2D eigenvalue weighted by molar-refractivity contribution is 9.10. The van der Waals surface area contributed by atoms with Gasteiger partial charge in [0.25, 0.3) is 5.69 Å². The number of nitriles is 1. The Kier molecular flexibility index (Phi) is 5.04. The number of hydrogen-bond acceptors (Lipinski definition) is 4. The van der Waals surface area contributed by atoms with Crippen molar-refractivity contribution in [3.05, 3.63) is 73.7 Å². The average Bonchev–Trinajstić information content (AvgIpc) is 2.48. The molecule has 0 unspecified atom stereocenters. The van der Waals surface area contributed by atoms with E-state index in [1.165, 1.54) is 6.07 Å². The van der Waals surface area contributed by atoms with Crippen LogP contribution in [0.3, 0.4) is 0 Å². The molecule has 21 heavy (non-hydrogen) atoms. The van der Waals surface area contributed by atoms with Crippen LogP contribution in [0.1, 0.15) is 16.7 Å². The van der Waals surface area contributed by atoms with E-state index in [0.717, 1.165) is 5.56 Å². The van der Waals surface area contributed by atoms with Crippen molar-refractivity contribution in [3.8, 4) is 6.07 Å². The van der Waals surface area contributed by atoms with Crippen LogP contribution in [0.4, 0.5) is 5.69 Å². The first-order chi connectivity index (χ1) is 10.1. The summed E-state index contributed by atoms with van der Waals surface area (Å²) in [6, 6.07) is 14.3. The fourth-order valence-corrected chi connectivity index (χ4v) is 2.30. The van der Waals surface area contributed by atoms with Gasteiger partial charge in [0.1, 0.15) is 0 Å². The molecule has 0 fully saturated rings. The third-order valence-corrected chi connectivity index (χ3v) is 3.44. The predicted octanol–water partition coefficient (Wildman–Crippen LogP) is 3.52. The zero-order valence-electron chi connectivity index (χ0n) is 11.0. The summed E-state index contributed by atoms with van der Waals surface area (Å²) in [6.07, 6.45) is 0. The summed E-state index contributed by atoms with van der Waals surface area (Å²) in [4.78, 5) is 10.6. The van der Waals surface area contributed by atoms with E-state index in [0.29, 0.717) is 28.7 Å². The summed E-state index contributed by atoms with van der Waals surface area (Å²) in [5, 5.41) is 23.0. The van der Waals surface area contributed by atoms with E-state index in [9.17, 15) is 10.1 Å². The van der Waals surface area contributed by atoms with Crippen molar-refractivity contribution in [1.29, 1.82) is 5.26 Å². The molecule has 0 saturated carbocycles. The molecule has 0 heterocycles. The van der Waals surface area contributed by atoms with Gasteiger partial charge in [-0.25, -0.2) is 0 Å². The molecule has 0 aliphatic rings. The molecule has 6 heteroatoms. The van der Waals surface area contributed by atoms with E-state index in [-0.39, 0.29) is 5.69 Å². The molecule has 5 nitrogen and oxygen atoms in total. The lowest BCUT2D eigenvalue weighted by Gasteiger charge is -2.06. The zero-order chi connectivity index (χ0) is 15.2. The molecule has 0 saturated heterocycles. The first-order valence-electron chi connectivity index (χ1n) is 6.22. The maximum absolute atomic E-state index is 11.0. The van der Waals surface area contributed by atoms with Crippen LogP contribution in [-0.2, 0) is 13.1 Å². The Labute approximate surface area is 130 Å². The Balaban J connectivity index is 2.03. The van der Waals surface area contributed by atoms with Crippen LogP contribution in [0.25, 0.3) is 0 Å². The van der Waals surface area contributed by atoms with Crippen molar-refractivity contribution in [2.24, 2.45) is 0 Å². The van der Waals surface area contributed by atoms with Gasteiger partial charge in [0, 0.05) is 29.2 Å². The Morgan fingerprint density at radius 1 is 1.24 bits per heavy atom. The Hall–Kier alpha value is -2.23. The number of nitro groups is 1. The SMILES string of the molecule is N#Cc1cccc(CNCc2ccc(Br)cc2[N+](=O)[O-])c1. The molecule has 0 aliphatic carbocycles. The fourth-order valence-electron chi connectivity index (χ4n) is 1.95. The van der Waals surface area contributed by atoms with Crippen LogP contribution in [0.5, 0.6) is 0 Å². The number of nitrogens with one attached hydrogen (secondary N) is 1. The molecule has 2 rings (SSSR count). The summed E-state index contributed by atoms with van der Waals surface area (Å²) in [5.41, 5.74) is 2.28. The van der Waals surface area contributed by atoms with Gasteiger partial charge in [0.2, 0.25) is 0 Å². The molecule has 0 radical (unpaired) electrons. The summed E-state index contributed by atoms with van der Waals surface area (Å²) in [5.74, 6) is 0. The van der Waals surface area contributed by atoms with Gasteiger partial charge in [-0.3, -0.25) is 10.1 Å². The second-order valence-corrected chi connectivity index (χ2v) is 5.36. The van der Waals surface area contributed by atoms with Crippen LogP contribution in [0, 0.1) is 21.4 Å². The maximum atomic E-state index is 11.0. The number of halogens is 1. The number of nitro benzene ring substituents is 1. The Morgan fingerprint density at radius 3 is 2.76 bits per heavy atom.